The molecule has 0 fully saturated rings. The van der Waals surface area contributed by atoms with Crippen molar-refractivity contribution in [1.82, 2.24) is 10.2 Å². The number of anilines is 2. The van der Waals surface area contributed by atoms with Gasteiger partial charge in [-0.05, 0) is 30.3 Å². The zero-order valence-corrected chi connectivity index (χ0v) is 11.4. The van der Waals surface area contributed by atoms with Crippen molar-refractivity contribution >= 4 is 17.4 Å². The second-order valence-electron chi connectivity index (χ2n) is 4.11. The number of H-pyrrole nitrogens is 1. The normalized spacial score (nSPS) is 9.33. The average molecular weight is 280 g/mol. The topological polar surface area (TPSA) is 75.0 Å². The molecule has 2 amide bonds. The first-order valence-corrected chi connectivity index (χ1v) is 6.42. The summed E-state index contributed by atoms with van der Waals surface area (Å²) in [5, 5.41) is 6.21. The van der Waals surface area contributed by atoms with E-state index in [4.69, 9.17) is 5.73 Å². The number of amides is 2. The molecule has 3 N–H and O–H groups in total. The number of urea groups is 1. The molecule has 0 bridgehead atoms. The van der Waals surface area contributed by atoms with Gasteiger partial charge in [-0.15, -0.1) is 0 Å². The minimum atomic E-state index is -0.489. The van der Waals surface area contributed by atoms with Crippen molar-refractivity contribution in [3.8, 4) is 0 Å². The summed E-state index contributed by atoms with van der Waals surface area (Å²) in [6.07, 6.45) is 3.46. The summed E-state index contributed by atoms with van der Waals surface area (Å²) >= 11 is 0. The quantitative estimate of drug-likeness (QED) is 0.755. The number of carbonyl (C=O) groups is 1. The molecule has 21 heavy (non-hydrogen) atoms. The number of nitrogens with two attached hydrogens (primary N) is 1. The Morgan fingerprint density at radius 1 is 0.905 bits per heavy atom. The van der Waals surface area contributed by atoms with Crippen LogP contribution in [-0.2, 0) is 0 Å². The summed E-state index contributed by atoms with van der Waals surface area (Å²) in [7, 11) is 0. The molecule has 3 aromatic rings. The van der Waals surface area contributed by atoms with Crippen LogP contribution in [0.5, 0.6) is 0 Å². The van der Waals surface area contributed by atoms with E-state index >= 15 is 0 Å². The highest BCUT2D eigenvalue weighted by atomic mass is 16.2. The van der Waals surface area contributed by atoms with Crippen LogP contribution in [0.3, 0.4) is 0 Å². The van der Waals surface area contributed by atoms with Crippen LogP contribution in [0, 0.1) is 0 Å². The first kappa shape index (κ1) is 14.3. The second kappa shape index (κ2) is 7.49. The van der Waals surface area contributed by atoms with Crippen LogP contribution in [0.2, 0.25) is 0 Å². The van der Waals surface area contributed by atoms with E-state index in [0.717, 1.165) is 11.4 Å². The van der Waals surface area contributed by atoms with Crippen LogP contribution in [0.4, 0.5) is 16.2 Å². The summed E-state index contributed by atoms with van der Waals surface area (Å²) in [4.78, 5) is 12.9. The lowest BCUT2D eigenvalue weighted by molar-refractivity contribution is 0.256. The van der Waals surface area contributed by atoms with Crippen LogP contribution in [0.25, 0.3) is 0 Å². The minimum absolute atomic E-state index is 0.489. The number of nitrogens with zero attached hydrogens (tertiary/aromatic N) is 2. The Morgan fingerprint density at radius 3 is 1.71 bits per heavy atom. The first-order chi connectivity index (χ1) is 10.3. The molecular weight excluding hydrogens is 264 g/mol. The minimum Gasteiger partial charge on any atom is -0.351 e. The maximum Gasteiger partial charge on any atom is 0.323 e. The zero-order chi connectivity index (χ0) is 14.9. The Morgan fingerprint density at radius 2 is 1.43 bits per heavy atom. The van der Waals surface area contributed by atoms with Gasteiger partial charge in [-0.3, -0.25) is 10.00 Å². The van der Waals surface area contributed by atoms with E-state index in [0.29, 0.717) is 0 Å². The molecule has 0 saturated heterocycles. The molecule has 106 valence electrons. The maximum absolute atomic E-state index is 11.4. The van der Waals surface area contributed by atoms with Gasteiger partial charge in [0.15, 0.2) is 0 Å². The van der Waals surface area contributed by atoms with E-state index < -0.39 is 6.03 Å². The summed E-state index contributed by atoms with van der Waals surface area (Å²) in [6, 6.07) is 20.0. The highest BCUT2D eigenvalue weighted by molar-refractivity contribution is 5.98. The van der Waals surface area contributed by atoms with Crippen LogP contribution in [-0.4, -0.2) is 16.2 Å². The predicted octanol–water partition coefficient (Wildman–Crippen LogP) is 3.31. The molecule has 0 aliphatic carbocycles. The van der Waals surface area contributed by atoms with Crippen LogP contribution in [0.15, 0.2) is 79.1 Å². The number of nitrogens with one attached hydrogen (secondary N) is 1. The third-order valence-corrected chi connectivity index (χ3v) is 2.66. The lowest BCUT2D eigenvalue weighted by Crippen LogP contribution is -2.31. The van der Waals surface area contributed by atoms with Crippen LogP contribution in [0.1, 0.15) is 0 Å². The Kier molecular flexibility index (Phi) is 5.11. The van der Waals surface area contributed by atoms with Gasteiger partial charge in [-0.2, -0.15) is 5.10 Å². The Hall–Kier alpha value is -3.08. The van der Waals surface area contributed by atoms with E-state index in [9.17, 15) is 4.79 Å². The predicted molar refractivity (Wildman–Crippen MR) is 83.2 cm³/mol. The van der Waals surface area contributed by atoms with Gasteiger partial charge < -0.3 is 5.73 Å². The van der Waals surface area contributed by atoms with Crippen molar-refractivity contribution in [3.05, 3.63) is 79.1 Å². The van der Waals surface area contributed by atoms with E-state index in [1.165, 1.54) is 4.90 Å². The summed E-state index contributed by atoms with van der Waals surface area (Å²) < 4.78 is 0. The fourth-order valence-electron chi connectivity index (χ4n) is 1.77. The zero-order valence-electron chi connectivity index (χ0n) is 11.4. The van der Waals surface area contributed by atoms with E-state index in [2.05, 4.69) is 10.2 Å². The van der Waals surface area contributed by atoms with Gasteiger partial charge in [0.1, 0.15) is 0 Å². The SMILES string of the molecule is NC(=O)N(c1ccccc1)c1ccccc1.c1cn[nH]c1. The second-order valence-corrected chi connectivity index (χ2v) is 4.11. The highest BCUT2D eigenvalue weighted by Gasteiger charge is 2.13. The van der Waals surface area contributed by atoms with Crippen molar-refractivity contribution in [2.75, 3.05) is 4.90 Å². The summed E-state index contributed by atoms with van der Waals surface area (Å²) in [5.41, 5.74) is 6.92. The molecule has 1 heterocycles. The number of para-hydroxylation sites is 2. The Balaban J connectivity index is 0.000000272. The number of benzene rings is 2. The highest BCUT2D eigenvalue weighted by Crippen LogP contribution is 2.23. The number of hydrogen-bond acceptors (Lipinski definition) is 2. The van der Waals surface area contributed by atoms with Crippen molar-refractivity contribution in [2.24, 2.45) is 5.73 Å². The molecule has 0 spiro atoms. The lowest BCUT2D eigenvalue weighted by Gasteiger charge is -2.20. The summed E-state index contributed by atoms with van der Waals surface area (Å²) in [5.74, 6) is 0. The number of rotatable bonds is 2. The number of aromatic nitrogens is 2. The number of primary amides is 1. The first-order valence-electron chi connectivity index (χ1n) is 6.42. The van der Waals surface area contributed by atoms with Crippen molar-refractivity contribution < 1.29 is 4.79 Å². The molecule has 5 nitrogen and oxygen atoms in total. The third kappa shape index (κ3) is 4.21. The molecule has 0 radical (unpaired) electrons. The van der Waals surface area contributed by atoms with Gasteiger partial charge in [0.25, 0.3) is 0 Å². The largest absolute Gasteiger partial charge is 0.351 e. The number of carbonyl (C=O) groups excluding carboxylic acids is 1. The Bertz CT molecular complexity index is 582. The Labute approximate surface area is 123 Å². The molecule has 0 saturated carbocycles. The molecule has 3 rings (SSSR count). The molecule has 0 aliphatic rings. The molecule has 0 unspecified atom stereocenters. The van der Waals surface area contributed by atoms with Gasteiger partial charge in [0.2, 0.25) is 0 Å². The molecule has 1 aromatic heterocycles. The van der Waals surface area contributed by atoms with E-state index in [-0.39, 0.29) is 0 Å². The maximum atomic E-state index is 11.4. The molecule has 2 aromatic carbocycles. The monoisotopic (exact) mass is 280 g/mol. The van der Waals surface area contributed by atoms with Crippen LogP contribution >= 0.6 is 0 Å². The molecule has 5 heteroatoms. The lowest BCUT2D eigenvalue weighted by atomic mass is 10.2. The fraction of sp³-hybridized carbons (Fsp3) is 0. The number of hydrogen-bond donors (Lipinski definition) is 2. The third-order valence-electron chi connectivity index (χ3n) is 2.66. The van der Waals surface area contributed by atoms with E-state index in [1.807, 2.05) is 66.7 Å². The molecule has 0 aliphatic heterocycles. The summed E-state index contributed by atoms with van der Waals surface area (Å²) in [6.45, 7) is 0. The van der Waals surface area contributed by atoms with Crippen molar-refractivity contribution in [1.29, 1.82) is 0 Å². The van der Waals surface area contributed by atoms with Gasteiger partial charge >= 0.3 is 6.03 Å². The van der Waals surface area contributed by atoms with Crippen molar-refractivity contribution in [2.45, 2.75) is 0 Å². The van der Waals surface area contributed by atoms with Crippen LogP contribution < -0.4 is 10.6 Å². The smallest absolute Gasteiger partial charge is 0.323 e. The van der Waals surface area contributed by atoms with Gasteiger partial charge in [0.05, 0.1) is 11.4 Å². The standard InChI is InChI=1S/C13H12N2O.C3H4N2/c14-13(16)15(11-7-3-1-4-8-11)12-9-5-2-6-10-12;1-2-4-5-3-1/h1-10H,(H2,14,16);1-3H,(H,4,5). The fourth-order valence-corrected chi connectivity index (χ4v) is 1.77. The average Bonchev–Trinajstić information content (AvgIpc) is 3.09. The molecule has 0 atom stereocenters. The van der Waals surface area contributed by atoms with Gasteiger partial charge in [-0.25, -0.2) is 4.79 Å². The molecular formula is C16H16N4O. The van der Waals surface area contributed by atoms with Gasteiger partial charge in [-0.1, -0.05) is 36.4 Å². The number of aromatic amines is 1. The van der Waals surface area contributed by atoms with Crippen molar-refractivity contribution in [3.63, 3.8) is 0 Å². The van der Waals surface area contributed by atoms with Gasteiger partial charge in [0, 0.05) is 12.4 Å². The van der Waals surface area contributed by atoms with E-state index in [1.54, 1.807) is 12.4 Å².